The Balaban J connectivity index is 2.20. The molecule has 0 aliphatic heterocycles. The average Bonchev–Trinajstić information content (AvgIpc) is 2.59. The first-order valence-electron chi connectivity index (χ1n) is 8.13. The molecule has 0 bridgehead atoms. The summed E-state index contributed by atoms with van der Waals surface area (Å²) in [6.45, 7) is 4.75. The van der Waals surface area contributed by atoms with Gasteiger partial charge in [0.25, 0.3) is 0 Å². The molecular weight excluding hydrogens is 306 g/mol. The van der Waals surface area contributed by atoms with Crippen LogP contribution in [0.15, 0.2) is 30.5 Å². The fourth-order valence-corrected chi connectivity index (χ4v) is 2.39. The molecule has 0 spiro atoms. The first-order valence-corrected chi connectivity index (χ1v) is 8.13. The number of pyridine rings is 1. The van der Waals surface area contributed by atoms with Gasteiger partial charge in [-0.3, -0.25) is 14.6 Å². The number of ketones is 1. The molecule has 0 unspecified atom stereocenters. The molecule has 0 fully saturated rings. The Hall–Kier alpha value is -2.43. The van der Waals surface area contributed by atoms with Crippen LogP contribution in [-0.4, -0.2) is 30.5 Å². The van der Waals surface area contributed by atoms with Crippen LogP contribution in [0.1, 0.15) is 43.5 Å². The molecule has 1 aromatic heterocycles. The van der Waals surface area contributed by atoms with Crippen LogP contribution in [0.5, 0.6) is 5.75 Å². The molecular formula is C19H23NO4. The van der Waals surface area contributed by atoms with Crippen molar-refractivity contribution < 1.29 is 19.1 Å². The summed E-state index contributed by atoms with van der Waals surface area (Å²) in [6.07, 6.45) is 2.70. The van der Waals surface area contributed by atoms with Gasteiger partial charge in [0.15, 0.2) is 5.78 Å². The number of carbonyl (C=O) groups is 2. The van der Waals surface area contributed by atoms with Crippen LogP contribution in [0.3, 0.4) is 0 Å². The molecule has 0 saturated heterocycles. The zero-order chi connectivity index (χ0) is 17.5. The third kappa shape index (κ3) is 4.54. The molecule has 5 heteroatoms. The molecule has 1 aromatic carbocycles. The summed E-state index contributed by atoms with van der Waals surface area (Å²) in [5.74, 6) is 0.785. The summed E-state index contributed by atoms with van der Waals surface area (Å²) in [6, 6.07) is 7.25. The molecule has 0 aliphatic rings. The fraction of sp³-hybridized carbons (Fsp3) is 0.421. The van der Waals surface area contributed by atoms with Crippen LogP contribution < -0.4 is 4.74 Å². The lowest BCUT2D eigenvalue weighted by Crippen LogP contribution is -2.07. The number of carbonyl (C=O) groups excluding carboxylic acids is 2. The molecule has 0 N–H and O–H groups in total. The predicted molar refractivity (Wildman–Crippen MR) is 92.3 cm³/mol. The predicted octanol–water partition coefficient (Wildman–Crippen LogP) is 3.80. The molecule has 2 aromatic rings. The van der Waals surface area contributed by atoms with Gasteiger partial charge in [-0.1, -0.05) is 19.9 Å². The zero-order valence-electron chi connectivity index (χ0n) is 14.4. The molecule has 5 nitrogen and oxygen atoms in total. The Bertz CT molecular complexity index is 724. The highest BCUT2D eigenvalue weighted by Crippen LogP contribution is 2.28. The van der Waals surface area contributed by atoms with E-state index in [0.717, 1.165) is 5.39 Å². The minimum Gasteiger partial charge on any atom is -0.491 e. The molecule has 0 atom stereocenters. The van der Waals surface area contributed by atoms with Crippen molar-refractivity contribution in [2.24, 2.45) is 5.92 Å². The van der Waals surface area contributed by atoms with E-state index in [4.69, 9.17) is 4.74 Å². The van der Waals surface area contributed by atoms with Crippen molar-refractivity contribution in [3.8, 4) is 5.75 Å². The Morgan fingerprint density at radius 1 is 1.17 bits per heavy atom. The number of hydrogen-bond donors (Lipinski definition) is 0. The highest BCUT2D eigenvalue weighted by molar-refractivity contribution is 6.08. The van der Waals surface area contributed by atoms with E-state index in [9.17, 15) is 9.59 Å². The lowest BCUT2D eigenvalue weighted by Gasteiger charge is -2.12. The Labute approximate surface area is 142 Å². The van der Waals surface area contributed by atoms with Crippen molar-refractivity contribution in [2.45, 2.75) is 33.1 Å². The van der Waals surface area contributed by atoms with Crippen molar-refractivity contribution in [2.75, 3.05) is 13.7 Å². The Morgan fingerprint density at radius 2 is 1.96 bits per heavy atom. The van der Waals surface area contributed by atoms with Crippen LogP contribution in [-0.2, 0) is 9.53 Å². The molecule has 24 heavy (non-hydrogen) atoms. The number of esters is 1. The van der Waals surface area contributed by atoms with Gasteiger partial charge in [0.2, 0.25) is 0 Å². The van der Waals surface area contributed by atoms with Gasteiger partial charge in [-0.25, -0.2) is 0 Å². The maximum atomic E-state index is 12.5. The first-order chi connectivity index (χ1) is 11.5. The minimum atomic E-state index is -0.299. The van der Waals surface area contributed by atoms with E-state index in [-0.39, 0.29) is 18.2 Å². The molecule has 128 valence electrons. The SMILES string of the molecule is COC(=O)CCCC(=O)c1ccc(OCC(C)C)c2ncccc12. The highest BCUT2D eigenvalue weighted by Gasteiger charge is 2.14. The molecule has 0 aliphatic carbocycles. The average molecular weight is 329 g/mol. The zero-order valence-corrected chi connectivity index (χ0v) is 14.4. The Kier molecular flexibility index (Phi) is 6.29. The second-order valence-corrected chi connectivity index (χ2v) is 6.07. The normalized spacial score (nSPS) is 10.8. The van der Waals surface area contributed by atoms with E-state index in [2.05, 4.69) is 23.6 Å². The van der Waals surface area contributed by atoms with Crippen LogP contribution in [0, 0.1) is 5.92 Å². The minimum absolute atomic E-state index is 0.00712. The van der Waals surface area contributed by atoms with Gasteiger partial charge in [-0.15, -0.1) is 0 Å². The number of Topliss-reactive ketones (excluding diaryl/α,β-unsaturated/α-hetero) is 1. The van der Waals surface area contributed by atoms with E-state index in [1.165, 1.54) is 7.11 Å². The van der Waals surface area contributed by atoms with E-state index < -0.39 is 0 Å². The van der Waals surface area contributed by atoms with Crippen molar-refractivity contribution >= 4 is 22.7 Å². The lowest BCUT2D eigenvalue weighted by molar-refractivity contribution is -0.140. The van der Waals surface area contributed by atoms with Gasteiger partial charge in [0, 0.05) is 30.0 Å². The summed E-state index contributed by atoms with van der Waals surface area (Å²) >= 11 is 0. The number of nitrogens with zero attached hydrogens (tertiary/aromatic N) is 1. The molecule has 2 rings (SSSR count). The number of ether oxygens (including phenoxy) is 2. The van der Waals surface area contributed by atoms with E-state index in [1.807, 2.05) is 6.07 Å². The second kappa shape index (κ2) is 8.43. The maximum absolute atomic E-state index is 12.5. The van der Waals surface area contributed by atoms with Gasteiger partial charge in [-0.2, -0.15) is 0 Å². The van der Waals surface area contributed by atoms with Gasteiger partial charge in [0.1, 0.15) is 11.3 Å². The molecule has 0 amide bonds. The van der Waals surface area contributed by atoms with Crippen molar-refractivity contribution in [3.05, 3.63) is 36.0 Å². The topological polar surface area (TPSA) is 65.5 Å². The summed E-state index contributed by atoms with van der Waals surface area (Å²) in [5.41, 5.74) is 1.30. The van der Waals surface area contributed by atoms with Gasteiger partial charge in [-0.05, 0) is 30.5 Å². The molecule has 0 saturated carbocycles. The summed E-state index contributed by atoms with van der Waals surface area (Å²) in [7, 11) is 1.35. The third-order valence-corrected chi connectivity index (χ3v) is 3.62. The van der Waals surface area contributed by atoms with Crippen LogP contribution in [0.4, 0.5) is 0 Å². The van der Waals surface area contributed by atoms with E-state index in [0.29, 0.717) is 42.2 Å². The monoisotopic (exact) mass is 329 g/mol. The van der Waals surface area contributed by atoms with Gasteiger partial charge >= 0.3 is 5.97 Å². The van der Waals surface area contributed by atoms with Gasteiger partial charge in [0.05, 0.1) is 13.7 Å². The largest absolute Gasteiger partial charge is 0.491 e. The fourth-order valence-electron chi connectivity index (χ4n) is 2.39. The quantitative estimate of drug-likeness (QED) is 0.544. The number of benzene rings is 1. The first kappa shape index (κ1) is 17.9. The summed E-state index contributed by atoms with van der Waals surface area (Å²) < 4.78 is 10.4. The highest BCUT2D eigenvalue weighted by atomic mass is 16.5. The van der Waals surface area contributed by atoms with Crippen LogP contribution in [0.2, 0.25) is 0 Å². The molecule has 1 heterocycles. The van der Waals surface area contributed by atoms with Crippen molar-refractivity contribution in [3.63, 3.8) is 0 Å². The van der Waals surface area contributed by atoms with Crippen LogP contribution >= 0.6 is 0 Å². The number of aromatic nitrogens is 1. The maximum Gasteiger partial charge on any atom is 0.305 e. The number of hydrogen-bond acceptors (Lipinski definition) is 5. The summed E-state index contributed by atoms with van der Waals surface area (Å²) in [5, 5.41) is 0.779. The van der Waals surface area contributed by atoms with Gasteiger partial charge < -0.3 is 9.47 Å². The number of fused-ring (bicyclic) bond motifs is 1. The van der Waals surface area contributed by atoms with E-state index in [1.54, 1.807) is 24.4 Å². The standard InChI is InChI=1S/C19H23NO4/c1-13(2)12-24-17-10-9-14(15-6-5-11-20-19(15)17)16(21)7-4-8-18(22)23-3/h5-6,9-11,13H,4,7-8,12H2,1-3H3. The summed E-state index contributed by atoms with van der Waals surface area (Å²) in [4.78, 5) is 28.0. The third-order valence-electron chi connectivity index (χ3n) is 3.62. The number of rotatable bonds is 8. The van der Waals surface area contributed by atoms with Crippen LogP contribution in [0.25, 0.3) is 10.9 Å². The second-order valence-electron chi connectivity index (χ2n) is 6.07. The van der Waals surface area contributed by atoms with Crippen molar-refractivity contribution in [1.29, 1.82) is 0 Å². The molecule has 0 radical (unpaired) electrons. The van der Waals surface area contributed by atoms with Crippen molar-refractivity contribution in [1.82, 2.24) is 4.98 Å². The smallest absolute Gasteiger partial charge is 0.305 e. The Morgan fingerprint density at radius 3 is 2.67 bits per heavy atom. The number of methoxy groups -OCH3 is 1. The lowest BCUT2D eigenvalue weighted by atomic mass is 10.0. The van der Waals surface area contributed by atoms with E-state index >= 15 is 0 Å².